The van der Waals surface area contributed by atoms with Crippen molar-refractivity contribution in [2.75, 3.05) is 0 Å². The molecule has 0 fully saturated rings. The number of hydrogen-bond donors (Lipinski definition) is 0. The molecule has 0 bridgehead atoms. The Balaban J connectivity index is 2.12. The molecule has 0 aliphatic carbocycles. The van der Waals surface area contributed by atoms with Crippen molar-refractivity contribution in [3.05, 3.63) is 24.3 Å². The van der Waals surface area contributed by atoms with Gasteiger partial charge in [-0.25, -0.2) is 0 Å². The summed E-state index contributed by atoms with van der Waals surface area (Å²) in [6.45, 7) is 4.27. The summed E-state index contributed by atoms with van der Waals surface area (Å²) >= 11 is 3.58. The Morgan fingerprint density at radius 2 is 1.64 bits per heavy atom. The lowest BCUT2D eigenvalue weighted by molar-refractivity contribution is 0.474. The first kappa shape index (κ1) is 9.90. The summed E-state index contributed by atoms with van der Waals surface area (Å²) < 4.78 is 11.5. The summed E-state index contributed by atoms with van der Waals surface area (Å²) in [5.74, 6) is 2.15. The second-order valence-electron chi connectivity index (χ2n) is 3.74. The summed E-state index contributed by atoms with van der Waals surface area (Å²) in [5, 5.41) is 0. The normalized spacial score (nSPS) is 16.1. The molecule has 1 aromatic rings. The van der Waals surface area contributed by atoms with Crippen molar-refractivity contribution in [2.45, 2.75) is 18.6 Å². The summed E-state index contributed by atoms with van der Waals surface area (Å²) in [6.07, 6.45) is 0. The minimum Gasteiger partial charge on any atom is -0.522 e. The number of alkyl halides is 1. The molecule has 1 aliphatic heterocycles. The number of hydrogen-bond acceptors (Lipinski definition) is 2. The predicted molar refractivity (Wildman–Crippen MR) is 61.0 cm³/mol. The molecule has 0 aromatic heterocycles. The Bertz CT molecular complexity index is 305. The summed E-state index contributed by atoms with van der Waals surface area (Å²) in [4.78, 5) is 0. The zero-order valence-electron chi connectivity index (χ0n) is 8.24. The monoisotopic (exact) mass is 254 g/mol. The molecule has 74 valence electrons. The fourth-order valence-corrected chi connectivity index (χ4v) is 1.58. The van der Waals surface area contributed by atoms with Gasteiger partial charge < -0.3 is 9.31 Å². The second-order valence-corrected chi connectivity index (χ2v) is 4.80. The molecule has 1 unspecified atom stereocenters. The quantitative estimate of drug-likeness (QED) is 0.597. The van der Waals surface area contributed by atoms with Crippen molar-refractivity contribution in [1.82, 2.24) is 0 Å². The maximum Gasteiger partial charge on any atom is 0.609 e. The zero-order chi connectivity index (χ0) is 10.1. The summed E-state index contributed by atoms with van der Waals surface area (Å²) in [7, 11) is -0.201. The third kappa shape index (κ3) is 1.76. The fourth-order valence-electron chi connectivity index (χ4n) is 1.36. The predicted octanol–water partition coefficient (Wildman–Crippen LogP) is 2.90. The Kier molecular flexibility index (Phi) is 2.72. The van der Waals surface area contributed by atoms with E-state index in [4.69, 9.17) is 9.31 Å². The second kappa shape index (κ2) is 3.85. The van der Waals surface area contributed by atoms with Gasteiger partial charge in [0.2, 0.25) is 0 Å². The highest BCUT2D eigenvalue weighted by Crippen LogP contribution is 2.35. The van der Waals surface area contributed by atoms with E-state index >= 15 is 0 Å². The van der Waals surface area contributed by atoms with Crippen LogP contribution in [-0.2, 0) is 0 Å². The van der Waals surface area contributed by atoms with Crippen molar-refractivity contribution in [3.63, 3.8) is 0 Å². The van der Waals surface area contributed by atoms with Gasteiger partial charge in [-0.05, 0) is 18.1 Å². The molecule has 0 amide bonds. The van der Waals surface area contributed by atoms with E-state index in [-0.39, 0.29) is 11.8 Å². The summed E-state index contributed by atoms with van der Waals surface area (Å²) in [6, 6.07) is 7.75. The minimum absolute atomic E-state index is 0.201. The van der Waals surface area contributed by atoms with Crippen LogP contribution in [0.1, 0.15) is 13.8 Å². The highest BCUT2D eigenvalue weighted by Gasteiger charge is 2.40. The first-order chi connectivity index (χ1) is 6.68. The van der Waals surface area contributed by atoms with Crippen LogP contribution in [0.15, 0.2) is 24.3 Å². The number of benzene rings is 1. The van der Waals surface area contributed by atoms with Crippen molar-refractivity contribution < 1.29 is 9.31 Å². The van der Waals surface area contributed by atoms with Crippen molar-refractivity contribution >= 4 is 23.0 Å². The maximum atomic E-state index is 5.66. The van der Waals surface area contributed by atoms with Crippen LogP contribution in [0.5, 0.6) is 11.5 Å². The Labute approximate surface area is 92.9 Å². The molecule has 1 aromatic carbocycles. The highest BCUT2D eigenvalue weighted by molar-refractivity contribution is 9.10. The lowest BCUT2D eigenvalue weighted by Gasteiger charge is -2.14. The van der Waals surface area contributed by atoms with Gasteiger partial charge in [-0.3, -0.25) is 0 Å². The van der Waals surface area contributed by atoms with Crippen molar-refractivity contribution in [2.24, 2.45) is 5.92 Å². The van der Waals surface area contributed by atoms with Gasteiger partial charge in [0.15, 0.2) is 0 Å². The van der Waals surface area contributed by atoms with Gasteiger partial charge in [-0.2, -0.15) is 0 Å². The van der Waals surface area contributed by atoms with E-state index < -0.39 is 0 Å². The third-order valence-corrected chi connectivity index (χ3v) is 3.72. The summed E-state index contributed by atoms with van der Waals surface area (Å²) in [5.41, 5.74) is 0. The Morgan fingerprint density at radius 1 is 1.14 bits per heavy atom. The van der Waals surface area contributed by atoms with E-state index in [1.807, 2.05) is 24.3 Å². The molecule has 1 heterocycles. The van der Waals surface area contributed by atoms with Crippen LogP contribution in [0.3, 0.4) is 0 Å². The van der Waals surface area contributed by atoms with Gasteiger partial charge in [-0.1, -0.05) is 41.9 Å². The average molecular weight is 255 g/mol. The van der Waals surface area contributed by atoms with E-state index in [1.54, 1.807) is 0 Å². The molecule has 2 nitrogen and oxygen atoms in total. The van der Waals surface area contributed by atoms with E-state index in [0.29, 0.717) is 5.92 Å². The first-order valence-corrected chi connectivity index (χ1v) is 5.66. The molecular formula is C10H12BBrO2. The lowest BCUT2D eigenvalue weighted by Crippen LogP contribution is -2.38. The van der Waals surface area contributed by atoms with Crippen molar-refractivity contribution in [1.29, 1.82) is 0 Å². The van der Waals surface area contributed by atoms with Gasteiger partial charge in [0, 0.05) is 0 Å². The molecule has 14 heavy (non-hydrogen) atoms. The third-order valence-electron chi connectivity index (χ3n) is 2.23. The van der Waals surface area contributed by atoms with E-state index in [1.165, 1.54) is 0 Å². The molecule has 0 N–H and O–H groups in total. The molecule has 4 heteroatoms. The zero-order valence-corrected chi connectivity index (χ0v) is 9.82. The van der Waals surface area contributed by atoms with Crippen LogP contribution in [0, 0.1) is 5.92 Å². The molecular weight excluding hydrogens is 243 g/mol. The molecule has 0 saturated carbocycles. The van der Waals surface area contributed by atoms with E-state index in [0.717, 1.165) is 11.5 Å². The molecule has 1 aliphatic rings. The van der Waals surface area contributed by atoms with Crippen LogP contribution in [0.4, 0.5) is 0 Å². The van der Waals surface area contributed by atoms with Crippen molar-refractivity contribution in [3.8, 4) is 11.5 Å². The van der Waals surface area contributed by atoms with Gasteiger partial charge in [0.1, 0.15) is 11.5 Å². The standard InChI is InChI=1S/C10H12BBrO2/c1-7(2)10(12)11-13-8-5-3-4-6-9(8)14-11/h3-7,10H,1-2H3. The van der Waals surface area contributed by atoms with Crippen LogP contribution in [0.2, 0.25) is 0 Å². The topological polar surface area (TPSA) is 18.5 Å². The van der Waals surface area contributed by atoms with Gasteiger partial charge in [-0.15, -0.1) is 0 Å². The van der Waals surface area contributed by atoms with Crippen LogP contribution >= 0.6 is 15.9 Å². The minimum atomic E-state index is -0.201. The highest BCUT2D eigenvalue weighted by atomic mass is 79.9. The molecule has 0 spiro atoms. The molecule has 1 atom stereocenters. The van der Waals surface area contributed by atoms with Crippen LogP contribution in [-0.4, -0.2) is 11.8 Å². The van der Waals surface area contributed by atoms with E-state index in [2.05, 4.69) is 29.8 Å². The Morgan fingerprint density at radius 3 is 2.07 bits per heavy atom. The van der Waals surface area contributed by atoms with Gasteiger partial charge in [0.25, 0.3) is 0 Å². The van der Waals surface area contributed by atoms with Crippen LogP contribution in [0.25, 0.3) is 0 Å². The number of fused-ring (bicyclic) bond motifs is 1. The maximum absolute atomic E-state index is 5.66. The Hall–Kier alpha value is -0.635. The number of para-hydroxylation sites is 2. The van der Waals surface area contributed by atoms with Crippen LogP contribution < -0.4 is 9.31 Å². The smallest absolute Gasteiger partial charge is 0.522 e. The van der Waals surface area contributed by atoms with Gasteiger partial charge >= 0.3 is 7.12 Å². The molecule has 0 saturated heterocycles. The lowest BCUT2D eigenvalue weighted by atomic mass is 9.79. The molecule has 0 radical (unpaired) electrons. The SMILES string of the molecule is CC(C)C(Br)B1Oc2ccccc2O1. The largest absolute Gasteiger partial charge is 0.609 e. The first-order valence-electron chi connectivity index (χ1n) is 4.75. The fraction of sp³-hybridized carbons (Fsp3) is 0.400. The average Bonchev–Trinajstić information content (AvgIpc) is 2.59. The van der Waals surface area contributed by atoms with Gasteiger partial charge in [0.05, 0.1) is 4.73 Å². The number of halogens is 1. The van der Waals surface area contributed by atoms with E-state index in [9.17, 15) is 0 Å². The molecule has 2 rings (SSSR count). The number of rotatable bonds is 2.